The largest absolute Gasteiger partial charge is 0.334 e. The van der Waals surface area contributed by atoms with Crippen LogP contribution in [0.25, 0.3) is 0 Å². The molecule has 0 saturated heterocycles. The molecule has 1 aromatic heterocycles. The average molecular weight is 397 g/mol. The first-order chi connectivity index (χ1) is 14.3. The predicted octanol–water partition coefficient (Wildman–Crippen LogP) is 8.39. The van der Waals surface area contributed by atoms with Crippen LogP contribution < -0.4 is 0 Å². The second kappa shape index (κ2) is 15.3. The van der Waals surface area contributed by atoms with Crippen LogP contribution in [0.1, 0.15) is 109 Å². The lowest BCUT2D eigenvalue weighted by atomic mass is 9.85. The summed E-state index contributed by atoms with van der Waals surface area (Å²) in [6, 6.07) is 11.6. The Bertz CT molecular complexity index is 590. The monoisotopic (exact) mass is 396 g/mol. The molecular formula is C27H44N2. The molecule has 2 rings (SSSR count). The summed E-state index contributed by atoms with van der Waals surface area (Å²) in [7, 11) is 0. The van der Waals surface area contributed by atoms with E-state index in [1.54, 1.807) is 0 Å². The smallest absolute Gasteiger partial charge is 0.0948 e. The zero-order valence-electron chi connectivity index (χ0n) is 19.1. The van der Waals surface area contributed by atoms with Crippen molar-refractivity contribution in [3.63, 3.8) is 0 Å². The highest BCUT2D eigenvalue weighted by molar-refractivity contribution is 5.15. The van der Waals surface area contributed by atoms with E-state index in [1.165, 1.54) is 95.5 Å². The molecule has 2 unspecified atom stereocenters. The van der Waals surface area contributed by atoms with Crippen molar-refractivity contribution in [2.45, 2.75) is 110 Å². The summed E-state index contributed by atoms with van der Waals surface area (Å²) < 4.78 is 2.37. The summed E-state index contributed by atoms with van der Waals surface area (Å²) in [6.45, 7) is 4.60. The van der Waals surface area contributed by atoms with Crippen LogP contribution in [0.4, 0.5) is 0 Å². The molecule has 1 heterocycles. The SMILES string of the molecule is CCCCCCCCCCCCC(Cc1ccccc1)C(CCC)n1ccnc1. The van der Waals surface area contributed by atoms with Gasteiger partial charge in [0.1, 0.15) is 0 Å². The van der Waals surface area contributed by atoms with Crippen molar-refractivity contribution < 1.29 is 0 Å². The van der Waals surface area contributed by atoms with Gasteiger partial charge in [-0.25, -0.2) is 4.98 Å². The number of imidazole rings is 1. The first kappa shape index (κ1) is 23.7. The molecule has 162 valence electrons. The molecule has 0 aliphatic heterocycles. The van der Waals surface area contributed by atoms with Gasteiger partial charge in [-0.1, -0.05) is 115 Å². The summed E-state index contributed by atoms with van der Waals surface area (Å²) >= 11 is 0. The predicted molar refractivity (Wildman–Crippen MR) is 126 cm³/mol. The molecule has 0 amide bonds. The van der Waals surface area contributed by atoms with Gasteiger partial charge in [0.15, 0.2) is 0 Å². The maximum atomic E-state index is 4.33. The number of rotatable bonds is 17. The van der Waals surface area contributed by atoms with Gasteiger partial charge in [0.2, 0.25) is 0 Å². The van der Waals surface area contributed by atoms with Gasteiger partial charge in [-0.2, -0.15) is 0 Å². The molecule has 0 aliphatic carbocycles. The highest BCUT2D eigenvalue weighted by Gasteiger charge is 2.22. The molecule has 1 aromatic carbocycles. The van der Waals surface area contributed by atoms with E-state index >= 15 is 0 Å². The van der Waals surface area contributed by atoms with Crippen LogP contribution in [0.3, 0.4) is 0 Å². The van der Waals surface area contributed by atoms with E-state index in [0.29, 0.717) is 12.0 Å². The van der Waals surface area contributed by atoms with Crippen molar-refractivity contribution in [1.29, 1.82) is 0 Å². The second-order valence-corrected chi connectivity index (χ2v) is 8.79. The fourth-order valence-electron chi connectivity index (χ4n) is 4.63. The molecule has 0 spiro atoms. The van der Waals surface area contributed by atoms with Crippen LogP contribution in [0.5, 0.6) is 0 Å². The third kappa shape index (κ3) is 9.65. The van der Waals surface area contributed by atoms with Gasteiger partial charge in [-0.3, -0.25) is 0 Å². The van der Waals surface area contributed by atoms with Crippen molar-refractivity contribution in [3.8, 4) is 0 Å². The Labute approximate surface area is 180 Å². The van der Waals surface area contributed by atoms with Gasteiger partial charge in [0, 0.05) is 18.4 Å². The Kier molecular flexibility index (Phi) is 12.5. The van der Waals surface area contributed by atoms with Crippen LogP contribution in [-0.2, 0) is 6.42 Å². The van der Waals surface area contributed by atoms with E-state index in [2.05, 4.69) is 59.9 Å². The van der Waals surface area contributed by atoms with Crippen LogP contribution in [0, 0.1) is 5.92 Å². The molecule has 2 nitrogen and oxygen atoms in total. The number of nitrogens with zero attached hydrogens (tertiary/aromatic N) is 2. The van der Waals surface area contributed by atoms with Crippen molar-refractivity contribution in [2.24, 2.45) is 5.92 Å². The van der Waals surface area contributed by atoms with Gasteiger partial charge in [0.05, 0.1) is 6.33 Å². The molecule has 2 heteroatoms. The van der Waals surface area contributed by atoms with Gasteiger partial charge in [0.25, 0.3) is 0 Å². The number of benzene rings is 1. The third-order valence-corrected chi connectivity index (χ3v) is 6.31. The molecule has 0 bridgehead atoms. The topological polar surface area (TPSA) is 17.8 Å². The zero-order chi connectivity index (χ0) is 20.6. The van der Waals surface area contributed by atoms with Crippen molar-refractivity contribution in [3.05, 3.63) is 54.6 Å². The molecule has 29 heavy (non-hydrogen) atoms. The summed E-state index contributed by atoms with van der Waals surface area (Å²) in [6.07, 6.45) is 25.2. The lowest BCUT2D eigenvalue weighted by Gasteiger charge is -2.28. The number of hydrogen-bond donors (Lipinski definition) is 0. The molecule has 2 atom stereocenters. The highest BCUT2D eigenvalue weighted by atomic mass is 15.1. The molecule has 0 fully saturated rings. The first-order valence-electron chi connectivity index (χ1n) is 12.4. The van der Waals surface area contributed by atoms with E-state index in [1.807, 2.05) is 12.5 Å². The Balaban J connectivity index is 1.79. The maximum absolute atomic E-state index is 4.33. The van der Waals surface area contributed by atoms with Crippen molar-refractivity contribution in [2.75, 3.05) is 0 Å². The molecule has 0 N–H and O–H groups in total. The van der Waals surface area contributed by atoms with Crippen molar-refractivity contribution in [1.82, 2.24) is 9.55 Å². The van der Waals surface area contributed by atoms with Gasteiger partial charge in [-0.05, 0) is 30.7 Å². The Hall–Kier alpha value is -1.57. The van der Waals surface area contributed by atoms with E-state index in [9.17, 15) is 0 Å². The lowest BCUT2D eigenvalue weighted by Crippen LogP contribution is -2.21. The molecule has 2 aromatic rings. The zero-order valence-corrected chi connectivity index (χ0v) is 19.1. The van der Waals surface area contributed by atoms with Crippen LogP contribution in [0.2, 0.25) is 0 Å². The number of unbranched alkanes of at least 4 members (excludes halogenated alkanes) is 9. The Morgan fingerprint density at radius 3 is 2.00 bits per heavy atom. The van der Waals surface area contributed by atoms with E-state index in [0.717, 1.165) is 0 Å². The van der Waals surface area contributed by atoms with Crippen LogP contribution in [-0.4, -0.2) is 9.55 Å². The fraction of sp³-hybridized carbons (Fsp3) is 0.667. The third-order valence-electron chi connectivity index (χ3n) is 6.31. The van der Waals surface area contributed by atoms with Gasteiger partial charge >= 0.3 is 0 Å². The second-order valence-electron chi connectivity index (χ2n) is 8.79. The summed E-state index contributed by atoms with van der Waals surface area (Å²) in [5.74, 6) is 0.695. The minimum atomic E-state index is 0.571. The van der Waals surface area contributed by atoms with Crippen LogP contribution >= 0.6 is 0 Å². The van der Waals surface area contributed by atoms with Crippen molar-refractivity contribution >= 4 is 0 Å². The normalized spacial score (nSPS) is 13.4. The van der Waals surface area contributed by atoms with E-state index < -0.39 is 0 Å². The van der Waals surface area contributed by atoms with E-state index in [4.69, 9.17) is 0 Å². The van der Waals surface area contributed by atoms with Gasteiger partial charge < -0.3 is 4.57 Å². The summed E-state index contributed by atoms with van der Waals surface area (Å²) in [5.41, 5.74) is 1.48. The maximum Gasteiger partial charge on any atom is 0.0948 e. The number of aromatic nitrogens is 2. The molecule has 0 radical (unpaired) electrons. The lowest BCUT2D eigenvalue weighted by molar-refractivity contribution is 0.280. The first-order valence-corrected chi connectivity index (χ1v) is 12.4. The summed E-state index contributed by atoms with van der Waals surface area (Å²) in [5, 5.41) is 0. The minimum absolute atomic E-state index is 0.571. The molecule has 0 aliphatic rings. The highest BCUT2D eigenvalue weighted by Crippen LogP contribution is 2.31. The standard InChI is InChI=1S/C27H44N2/c1-3-5-6-7-8-9-10-11-12-16-20-26(23-25-18-14-13-15-19-25)27(17-4-2)29-22-21-28-24-29/h13-15,18-19,21-22,24,26-27H,3-12,16-17,20,23H2,1-2H3. The van der Waals surface area contributed by atoms with E-state index in [-0.39, 0.29) is 0 Å². The minimum Gasteiger partial charge on any atom is -0.334 e. The molecule has 0 saturated carbocycles. The quantitative estimate of drug-likeness (QED) is 0.245. The average Bonchev–Trinajstić information content (AvgIpc) is 3.28. The Morgan fingerprint density at radius 2 is 1.41 bits per heavy atom. The molecular weight excluding hydrogens is 352 g/mol. The van der Waals surface area contributed by atoms with Gasteiger partial charge in [-0.15, -0.1) is 0 Å². The number of hydrogen-bond acceptors (Lipinski definition) is 1. The fourth-order valence-corrected chi connectivity index (χ4v) is 4.63. The Morgan fingerprint density at radius 1 is 0.759 bits per heavy atom. The van der Waals surface area contributed by atoms with Crippen LogP contribution in [0.15, 0.2) is 49.1 Å². The summed E-state index contributed by atoms with van der Waals surface area (Å²) in [4.78, 5) is 4.33.